The summed E-state index contributed by atoms with van der Waals surface area (Å²) in [5.41, 5.74) is 9.28. The van der Waals surface area contributed by atoms with E-state index in [-0.39, 0.29) is 17.1 Å². The highest BCUT2D eigenvalue weighted by atomic mass is 35.5. The fraction of sp³-hybridized carbons (Fsp3) is 0.387. The first-order valence-corrected chi connectivity index (χ1v) is 14.5. The van der Waals surface area contributed by atoms with Crippen LogP contribution >= 0.6 is 11.6 Å². The number of aromatic amines is 1. The fourth-order valence-corrected chi connectivity index (χ4v) is 5.10. The molecule has 0 amide bonds. The Balaban J connectivity index is 1.51. The fourth-order valence-electron chi connectivity index (χ4n) is 4.85. The minimum atomic E-state index is -0.521. The number of fused-ring (bicyclic) bond motifs is 1. The van der Waals surface area contributed by atoms with Gasteiger partial charge in [-0.2, -0.15) is 4.98 Å². The number of nitrogens with zero attached hydrogens (tertiary/aromatic N) is 2. The van der Waals surface area contributed by atoms with Gasteiger partial charge in [-0.05, 0) is 81.0 Å². The lowest BCUT2D eigenvalue weighted by Crippen LogP contribution is -2.36. The molecule has 0 saturated carbocycles. The predicted octanol–water partition coefficient (Wildman–Crippen LogP) is 4.92. The van der Waals surface area contributed by atoms with Crippen LogP contribution in [0.2, 0.25) is 5.02 Å². The van der Waals surface area contributed by atoms with Crippen LogP contribution in [0.5, 0.6) is 0 Å². The molecule has 9 nitrogen and oxygen atoms in total. The third kappa shape index (κ3) is 8.25. The molecular formula is C31H39ClFN7O2. The number of hydrogen-bond acceptors (Lipinski definition) is 6. The van der Waals surface area contributed by atoms with E-state index in [1.165, 1.54) is 4.57 Å². The van der Waals surface area contributed by atoms with Gasteiger partial charge in [-0.25, -0.2) is 9.18 Å². The molecule has 2 atom stereocenters. The average Bonchev–Trinajstić information content (AvgIpc) is 3.35. The molecular weight excluding hydrogens is 557 g/mol. The van der Waals surface area contributed by atoms with Crippen LogP contribution in [0.1, 0.15) is 44.2 Å². The summed E-state index contributed by atoms with van der Waals surface area (Å²) in [5.74, 6) is -0.0810. The molecule has 0 radical (unpaired) electrons. The molecule has 2 aromatic heterocycles. The summed E-state index contributed by atoms with van der Waals surface area (Å²) in [6.45, 7) is 5.56. The van der Waals surface area contributed by atoms with Gasteiger partial charge in [-0.1, -0.05) is 23.7 Å². The topological polar surface area (TPSA) is 134 Å². The molecule has 11 heteroatoms. The third-order valence-corrected chi connectivity index (χ3v) is 7.35. The minimum Gasteiger partial charge on any atom is -0.383 e. The molecule has 0 fully saturated rings. The van der Waals surface area contributed by atoms with Gasteiger partial charge in [0, 0.05) is 49.4 Å². The summed E-state index contributed by atoms with van der Waals surface area (Å²) in [6, 6.07) is 13.1. The molecule has 2 aromatic carbocycles. The van der Waals surface area contributed by atoms with E-state index < -0.39 is 11.5 Å². The van der Waals surface area contributed by atoms with Crippen LogP contribution in [0.4, 0.5) is 4.39 Å². The van der Waals surface area contributed by atoms with Crippen molar-refractivity contribution in [3.8, 4) is 16.9 Å². The number of methoxy groups -OCH3 is 1. The third-order valence-electron chi connectivity index (χ3n) is 7.07. The molecule has 4 rings (SSSR count). The van der Waals surface area contributed by atoms with Crippen LogP contribution in [-0.2, 0) is 17.7 Å². The predicted molar refractivity (Wildman–Crippen MR) is 167 cm³/mol. The number of benzene rings is 2. The average molecular weight is 596 g/mol. The van der Waals surface area contributed by atoms with Gasteiger partial charge in [-0.15, -0.1) is 0 Å². The minimum absolute atomic E-state index is 0.0516. The van der Waals surface area contributed by atoms with Gasteiger partial charge in [0.05, 0.1) is 28.8 Å². The summed E-state index contributed by atoms with van der Waals surface area (Å²) in [7, 11) is 1.67. The highest BCUT2D eigenvalue weighted by Crippen LogP contribution is 2.31. The molecule has 2 heterocycles. The Kier molecular flexibility index (Phi) is 10.9. The molecule has 0 unspecified atom stereocenters. The first-order chi connectivity index (χ1) is 20.1. The molecule has 0 aliphatic heterocycles. The van der Waals surface area contributed by atoms with E-state index in [9.17, 15) is 4.79 Å². The van der Waals surface area contributed by atoms with Gasteiger partial charge in [0.2, 0.25) is 0 Å². The summed E-state index contributed by atoms with van der Waals surface area (Å²) >= 11 is 6.24. The van der Waals surface area contributed by atoms with Crippen molar-refractivity contribution in [3.63, 3.8) is 0 Å². The maximum absolute atomic E-state index is 15.1. The Labute approximate surface area is 250 Å². The van der Waals surface area contributed by atoms with Crippen molar-refractivity contribution in [2.45, 2.75) is 58.2 Å². The number of halogens is 2. The maximum Gasteiger partial charge on any atom is 0.354 e. The van der Waals surface area contributed by atoms with Gasteiger partial charge in [0.15, 0.2) is 5.82 Å². The van der Waals surface area contributed by atoms with Gasteiger partial charge in [0.1, 0.15) is 5.65 Å². The first kappa shape index (κ1) is 31.4. The van der Waals surface area contributed by atoms with Crippen LogP contribution in [0, 0.1) is 11.2 Å². The van der Waals surface area contributed by atoms with Gasteiger partial charge in [0.25, 0.3) is 0 Å². The second kappa shape index (κ2) is 14.6. The van der Waals surface area contributed by atoms with E-state index >= 15 is 4.39 Å². The SMILES string of the molecule is COC[C@@H](CCNC(C)=N)NCc1ccc(-n2cc3cc(-c4cc(CCC[C@H](C)N)cc(Cl)c4F)[nH]c3nc2=O)cc1. The quantitative estimate of drug-likeness (QED) is 0.104. The van der Waals surface area contributed by atoms with E-state index in [4.69, 9.17) is 27.5 Å². The second-order valence-corrected chi connectivity index (χ2v) is 11.1. The zero-order valence-electron chi connectivity index (χ0n) is 24.3. The molecule has 42 heavy (non-hydrogen) atoms. The van der Waals surface area contributed by atoms with Crippen LogP contribution in [0.25, 0.3) is 28.0 Å². The summed E-state index contributed by atoms with van der Waals surface area (Å²) in [5, 5.41) is 14.7. The summed E-state index contributed by atoms with van der Waals surface area (Å²) in [6.07, 6.45) is 4.99. The summed E-state index contributed by atoms with van der Waals surface area (Å²) in [4.78, 5) is 20.2. The molecule has 0 aliphatic carbocycles. The smallest absolute Gasteiger partial charge is 0.354 e. The molecule has 224 valence electrons. The van der Waals surface area contributed by atoms with Crippen molar-refractivity contribution in [1.29, 1.82) is 5.41 Å². The molecule has 4 aromatic rings. The van der Waals surface area contributed by atoms with Crippen molar-refractivity contribution in [1.82, 2.24) is 25.2 Å². The molecule has 0 aliphatic rings. The highest BCUT2D eigenvalue weighted by Gasteiger charge is 2.16. The number of amidine groups is 1. The number of aryl methyl sites for hydroxylation is 1. The second-order valence-electron chi connectivity index (χ2n) is 10.7. The van der Waals surface area contributed by atoms with Crippen molar-refractivity contribution in [2.75, 3.05) is 20.3 Å². The van der Waals surface area contributed by atoms with Crippen molar-refractivity contribution in [3.05, 3.63) is 81.1 Å². The number of nitrogens with one attached hydrogen (secondary N) is 4. The standard InChI is InChI=1S/C31H39ClFN7O2/c1-19(34)5-4-6-22-13-26(29(33)27(32)14-22)28-15-23-17-40(31(41)39-30(23)38-28)25-9-7-21(8-10-25)16-37-24(18-42-3)11-12-36-20(2)35/h7-10,13-15,17,19,24,37H,4-6,11-12,16,18,34H2,1-3H3,(H2,35,36)(H,38,39,41)/t19-,24+/m0/s1. The summed E-state index contributed by atoms with van der Waals surface area (Å²) < 4.78 is 21.9. The van der Waals surface area contributed by atoms with E-state index in [0.717, 1.165) is 36.8 Å². The van der Waals surface area contributed by atoms with E-state index in [1.807, 2.05) is 31.2 Å². The van der Waals surface area contributed by atoms with Crippen LogP contribution in [-0.4, -0.2) is 52.7 Å². The normalized spacial score (nSPS) is 12.9. The Hall–Kier alpha value is -3.57. The molecule has 0 bridgehead atoms. The Morgan fingerprint density at radius 1 is 1.21 bits per heavy atom. The van der Waals surface area contributed by atoms with E-state index in [2.05, 4.69) is 20.6 Å². The first-order valence-electron chi connectivity index (χ1n) is 14.1. The number of hydrogen-bond donors (Lipinski definition) is 5. The van der Waals surface area contributed by atoms with Gasteiger partial charge < -0.3 is 26.1 Å². The monoisotopic (exact) mass is 595 g/mol. The lowest BCUT2D eigenvalue weighted by Gasteiger charge is -2.18. The van der Waals surface area contributed by atoms with Crippen molar-refractivity contribution >= 4 is 28.5 Å². The number of nitrogens with two attached hydrogens (primary N) is 1. The highest BCUT2D eigenvalue weighted by molar-refractivity contribution is 6.31. The van der Waals surface area contributed by atoms with Gasteiger partial charge >= 0.3 is 5.69 Å². The Bertz CT molecular complexity index is 1570. The molecule has 0 saturated heterocycles. The van der Waals surface area contributed by atoms with Gasteiger partial charge in [-0.3, -0.25) is 9.98 Å². The zero-order valence-corrected chi connectivity index (χ0v) is 25.0. The largest absolute Gasteiger partial charge is 0.383 e. The van der Waals surface area contributed by atoms with Crippen LogP contribution in [0.3, 0.4) is 0 Å². The number of ether oxygens (including phenoxy) is 1. The number of H-pyrrole nitrogens is 1. The van der Waals surface area contributed by atoms with Crippen molar-refractivity contribution < 1.29 is 9.13 Å². The Morgan fingerprint density at radius 3 is 2.67 bits per heavy atom. The molecule has 6 N–H and O–H groups in total. The lowest BCUT2D eigenvalue weighted by molar-refractivity contribution is 0.162. The number of rotatable bonds is 14. The van der Waals surface area contributed by atoms with E-state index in [1.54, 1.807) is 38.4 Å². The van der Waals surface area contributed by atoms with Crippen LogP contribution < -0.4 is 22.1 Å². The Morgan fingerprint density at radius 2 is 1.98 bits per heavy atom. The molecule has 0 spiro atoms. The maximum atomic E-state index is 15.1. The van der Waals surface area contributed by atoms with Crippen molar-refractivity contribution in [2.24, 2.45) is 5.73 Å². The zero-order chi connectivity index (χ0) is 30.2. The lowest BCUT2D eigenvalue weighted by atomic mass is 10.0. The van der Waals surface area contributed by atoms with E-state index in [0.29, 0.717) is 53.5 Å². The number of aromatic nitrogens is 3. The van der Waals surface area contributed by atoms with Crippen LogP contribution in [0.15, 0.2) is 53.5 Å².